The molecule has 0 aliphatic rings. The molecule has 0 fully saturated rings. The monoisotopic (exact) mass is 402 g/mol. The quantitative estimate of drug-likeness (QED) is 0.382. The molecule has 0 radical (unpaired) electrons. The molecule has 3 rings (SSSR count). The Hall–Kier alpha value is -2.60. The van der Waals surface area contributed by atoms with E-state index in [1.807, 2.05) is 49.4 Å². The normalized spacial score (nSPS) is 9.53. The Bertz CT molecular complexity index is 699. The van der Waals surface area contributed by atoms with Gasteiger partial charge in [0, 0.05) is 0 Å². The Balaban J connectivity index is 0.000000412. The van der Waals surface area contributed by atoms with E-state index in [0.29, 0.717) is 17.8 Å². The lowest BCUT2D eigenvalue weighted by atomic mass is 9.91. The predicted molar refractivity (Wildman–Crippen MR) is 137 cm³/mol. The Labute approximate surface area is 186 Å². The highest BCUT2D eigenvalue weighted by molar-refractivity contribution is 5.31. The molecule has 0 aliphatic heterocycles. The zero-order valence-electron chi connectivity index (χ0n) is 20.2. The maximum Gasteiger partial charge on any atom is -0.0216 e. The van der Waals surface area contributed by atoms with Gasteiger partial charge in [0.2, 0.25) is 0 Å². The molecule has 0 aliphatic carbocycles. The Morgan fingerprint density at radius 1 is 0.500 bits per heavy atom. The van der Waals surface area contributed by atoms with E-state index in [0.717, 1.165) is 0 Å². The summed E-state index contributed by atoms with van der Waals surface area (Å²) in [6, 6.07) is 31.2. The molecule has 3 aromatic carbocycles. The van der Waals surface area contributed by atoms with Gasteiger partial charge in [0.05, 0.1) is 0 Å². The fourth-order valence-electron chi connectivity index (χ4n) is 2.79. The van der Waals surface area contributed by atoms with Crippen LogP contribution in [-0.4, -0.2) is 0 Å². The summed E-state index contributed by atoms with van der Waals surface area (Å²) in [4.78, 5) is 0. The molecule has 0 saturated carbocycles. The summed E-state index contributed by atoms with van der Waals surface area (Å²) >= 11 is 0. The molecule has 3 aromatic rings. The van der Waals surface area contributed by atoms with Gasteiger partial charge in [-0.15, -0.1) is 6.58 Å². The summed E-state index contributed by atoms with van der Waals surface area (Å²) in [5.74, 6) is 1.94. The number of rotatable bonds is 3. The lowest BCUT2D eigenvalue weighted by Gasteiger charge is -2.14. The summed E-state index contributed by atoms with van der Waals surface area (Å²) in [6.07, 6.45) is 1.75. The van der Waals surface area contributed by atoms with Crippen molar-refractivity contribution in [3.8, 4) is 0 Å². The second-order valence-corrected chi connectivity index (χ2v) is 8.07. The molecule has 0 aromatic heterocycles. The van der Waals surface area contributed by atoms with E-state index in [4.69, 9.17) is 0 Å². The van der Waals surface area contributed by atoms with Crippen molar-refractivity contribution >= 4 is 0 Å². The van der Waals surface area contributed by atoms with E-state index in [9.17, 15) is 0 Å². The van der Waals surface area contributed by atoms with Crippen LogP contribution in [0.2, 0.25) is 0 Å². The molecular formula is C30H42. The first-order valence-corrected chi connectivity index (χ1v) is 11.1. The molecule has 0 heteroatoms. The second kappa shape index (κ2) is 17.3. The fraction of sp³-hybridized carbons (Fsp3) is 0.333. The maximum absolute atomic E-state index is 3.36. The maximum atomic E-state index is 3.36. The van der Waals surface area contributed by atoms with Crippen LogP contribution >= 0.6 is 0 Å². The van der Waals surface area contributed by atoms with Crippen LogP contribution < -0.4 is 0 Å². The molecule has 0 nitrogen and oxygen atoms in total. The number of allylic oxidation sites excluding steroid dienone is 1. The SMILES string of the molecule is C=CC.CC(C)c1ccccc1.CC(C)c1ccccc1C(C)C.c1ccccc1. The van der Waals surface area contributed by atoms with Crippen LogP contribution in [0.3, 0.4) is 0 Å². The zero-order chi connectivity index (χ0) is 22.8. The van der Waals surface area contributed by atoms with Crippen LogP contribution in [0.5, 0.6) is 0 Å². The first kappa shape index (κ1) is 27.4. The van der Waals surface area contributed by atoms with Crippen molar-refractivity contribution in [1.29, 1.82) is 0 Å². The van der Waals surface area contributed by atoms with Gasteiger partial charge in [-0.25, -0.2) is 0 Å². The highest BCUT2D eigenvalue weighted by atomic mass is 14.1. The molecule has 0 bridgehead atoms. The minimum Gasteiger partial charge on any atom is -0.103 e. The molecule has 0 heterocycles. The van der Waals surface area contributed by atoms with Crippen LogP contribution in [-0.2, 0) is 0 Å². The van der Waals surface area contributed by atoms with Gasteiger partial charge < -0.3 is 0 Å². The number of hydrogen-bond donors (Lipinski definition) is 0. The van der Waals surface area contributed by atoms with Gasteiger partial charge in [-0.3, -0.25) is 0 Å². The lowest BCUT2D eigenvalue weighted by molar-refractivity contribution is 0.790. The Morgan fingerprint density at radius 2 is 0.767 bits per heavy atom. The van der Waals surface area contributed by atoms with E-state index in [-0.39, 0.29) is 0 Å². The van der Waals surface area contributed by atoms with Gasteiger partial charge >= 0.3 is 0 Å². The third-order valence-corrected chi connectivity index (χ3v) is 4.37. The minimum absolute atomic E-state index is 0.642. The molecule has 0 spiro atoms. The molecule has 0 amide bonds. The topological polar surface area (TPSA) is 0 Å². The lowest BCUT2D eigenvalue weighted by Crippen LogP contribution is -1.97. The van der Waals surface area contributed by atoms with E-state index >= 15 is 0 Å². The van der Waals surface area contributed by atoms with Gasteiger partial charge in [-0.2, -0.15) is 0 Å². The summed E-state index contributed by atoms with van der Waals surface area (Å²) in [5, 5.41) is 0. The van der Waals surface area contributed by atoms with Gasteiger partial charge in [0.25, 0.3) is 0 Å². The molecular weight excluding hydrogens is 360 g/mol. The largest absolute Gasteiger partial charge is 0.103 e. The van der Waals surface area contributed by atoms with Crippen molar-refractivity contribution in [3.05, 3.63) is 120 Å². The third kappa shape index (κ3) is 12.8. The van der Waals surface area contributed by atoms with Crippen molar-refractivity contribution in [2.75, 3.05) is 0 Å². The molecule has 0 saturated heterocycles. The van der Waals surface area contributed by atoms with Crippen molar-refractivity contribution < 1.29 is 0 Å². The Morgan fingerprint density at radius 3 is 1.00 bits per heavy atom. The van der Waals surface area contributed by atoms with Crippen molar-refractivity contribution in [3.63, 3.8) is 0 Å². The highest BCUT2D eigenvalue weighted by Crippen LogP contribution is 2.25. The average molecular weight is 403 g/mol. The van der Waals surface area contributed by atoms with Crippen molar-refractivity contribution in [2.45, 2.75) is 66.2 Å². The third-order valence-electron chi connectivity index (χ3n) is 4.37. The molecule has 0 atom stereocenters. The van der Waals surface area contributed by atoms with E-state index in [2.05, 4.69) is 96.7 Å². The summed E-state index contributed by atoms with van der Waals surface area (Å²) < 4.78 is 0. The smallest absolute Gasteiger partial charge is 0.0216 e. The second-order valence-electron chi connectivity index (χ2n) is 8.07. The first-order chi connectivity index (χ1) is 14.3. The van der Waals surface area contributed by atoms with Crippen LogP contribution in [0.25, 0.3) is 0 Å². The molecule has 0 unspecified atom stereocenters. The van der Waals surface area contributed by atoms with E-state index in [1.54, 1.807) is 6.08 Å². The molecule has 0 N–H and O–H groups in total. The van der Waals surface area contributed by atoms with Crippen LogP contribution in [0.1, 0.15) is 82.9 Å². The van der Waals surface area contributed by atoms with E-state index in [1.165, 1.54) is 16.7 Å². The summed E-state index contributed by atoms with van der Waals surface area (Å²) in [6.45, 7) is 18.7. The standard InChI is InChI=1S/C12H18.C9H12.C6H6.C3H6/c1-9(2)11-7-5-6-8-12(11)10(3)4;1-8(2)9-6-4-3-5-7-9;1-2-4-6-5-3-1;1-3-2/h5-10H,1-4H3;3-8H,1-2H3;1-6H;3H,1H2,2H3. The van der Waals surface area contributed by atoms with Crippen molar-refractivity contribution in [1.82, 2.24) is 0 Å². The fourth-order valence-corrected chi connectivity index (χ4v) is 2.79. The van der Waals surface area contributed by atoms with Gasteiger partial charge in [0.1, 0.15) is 0 Å². The van der Waals surface area contributed by atoms with Crippen LogP contribution in [0.15, 0.2) is 104 Å². The van der Waals surface area contributed by atoms with E-state index < -0.39 is 0 Å². The number of benzene rings is 3. The molecule has 162 valence electrons. The van der Waals surface area contributed by atoms with Gasteiger partial charge in [0.15, 0.2) is 0 Å². The first-order valence-electron chi connectivity index (χ1n) is 11.1. The van der Waals surface area contributed by atoms with Gasteiger partial charge in [-0.05, 0) is 41.4 Å². The molecule has 30 heavy (non-hydrogen) atoms. The van der Waals surface area contributed by atoms with Crippen molar-refractivity contribution in [2.24, 2.45) is 0 Å². The minimum atomic E-state index is 0.642. The average Bonchev–Trinajstić information content (AvgIpc) is 2.77. The summed E-state index contributed by atoms with van der Waals surface area (Å²) in [7, 11) is 0. The highest BCUT2D eigenvalue weighted by Gasteiger charge is 2.07. The van der Waals surface area contributed by atoms with Crippen LogP contribution in [0, 0.1) is 0 Å². The predicted octanol–water partition coefficient (Wildman–Crippen LogP) is 9.62. The van der Waals surface area contributed by atoms with Gasteiger partial charge in [-0.1, -0.05) is 139 Å². The summed E-state index contributed by atoms with van der Waals surface area (Å²) in [5.41, 5.74) is 4.40. The zero-order valence-corrected chi connectivity index (χ0v) is 20.2. The Kier molecular flexibility index (Phi) is 15.8. The number of hydrogen-bond acceptors (Lipinski definition) is 0. The van der Waals surface area contributed by atoms with Crippen LogP contribution in [0.4, 0.5) is 0 Å².